The fourth-order valence-electron chi connectivity index (χ4n) is 2.11. The van der Waals surface area contributed by atoms with Gasteiger partial charge in [-0.1, -0.05) is 24.3 Å². The van der Waals surface area contributed by atoms with Crippen molar-refractivity contribution in [2.75, 3.05) is 5.32 Å². The van der Waals surface area contributed by atoms with Gasteiger partial charge in [0.05, 0.1) is 11.3 Å². The molecule has 0 saturated carbocycles. The van der Waals surface area contributed by atoms with Gasteiger partial charge >= 0.3 is 0 Å². The number of nitrogens with zero attached hydrogens (tertiary/aromatic N) is 2. The lowest BCUT2D eigenvalue weighted by Gasteiger charge is -2.09. The summed E-state index contributed by atoms with van der Waals surface area (Å²) in [6.45, 7) is 0. The predicted molar refractivity (Wildman–Crippen MR) is 89.9 cm³/mol. The molecule has 5 heteroatoms. The highest BCUT2D eigenvalue weighted by molar-refractivity contribution is 6.05. The molecule has 0 aliphatic heterocycles. The van der Waals surface area contributed by atoms with Crippen molar-refractivity contribution in [3.8, 4) is 17.7 Å². The number of hydrogen-bond donors (Lipinski definition) is 1. The van der Waals surface area contributed by atoms with Crippen LogP contribution < -0.4 is 10.1 Å². The van der Waals surface area contributed by atoms with E-state index in [1.165, 1.54) is 0 Å². The van der Waals surface area contributed by atoms with Gasteiger partial charge in [-0.3, -0.25) is 4.79 Å². The number of rotatable bonds is 4. The molecule has 3 rings (SSSR count). The van der Waals surface area contributed by atoms with E-state index in [1.54, 1.807) is 66.9 Å². The molecule has 0 bridgehead atoms. The summed E-state index contributed by atoms with van der Waals surface area (Å²) in [5.41, 5.74) is 1.31. The third-order valence-electron chi connectivity index (χ3n) is 3.25. The average molecular weight is 315 g/mol. The second-order valence-corrected chi connectivity index (χ2v) is 4.91. The first-order valence-corrected chi connectivity index (χ1v) is 7.26. The van der Waals surface area contributed by atoms with Crippen LogP contribution >= 0.6 is 0 Å². The summed E-state index contributed by atoms with van der Waals surface area (Å²) in [4.78, 5) is 16.5. The number of para-hydroxylation sites is 1. The van der Waals surface area contributed by atoms with Crippen LogP contribution in [0, 0.1) is 11.3 Å². The first kappa shape index (κ1) is 15.3. The number of nitriles is 1. The lowest BCUT2D eigenvalue weighted by molar-refractivity contribution is 0.102. The Bertz CT molecular complexity index is 902. The highest BCUT2D eigenvalue weighted by Gasteiger charge is 2.10. The van der Waals surface area contributed by atoms with Crippen LogP contribution in [0.3, 0.4) is 0 Å². The standard InChI is InChI=1S/C19H13N3O2/c20-13-15-6-1-2-9-17(15)22-19(23)14-7-5-8-16(12-14)24-18-10-3-4-11-21-18/h1-12H,(H,22,23). The lowest BCUT2D eigenvalue weighted by Crippen LogP contribution is -2.12. The van der Waals surface area contributed by atoms with Crippen molar-refractivity contribution in [1.29, 1.82) is 5.26 Å². The third-order valence-corrected chi connectivity index (χ3v) is 3.25. The number of pyridine rings is 1. The molecule has 0 radical (unpaired) electrons. The topological polar surface area (TPSA) is 75.0 Å². The van der Waals surface area contributed by atoms with Crippen LogP contribution in [0.25, 0.3) is 0 Å². The van der Waals surface area contributed by atoms with E-state index in [4.69, 9.17) is 10.00 Å². The van der Waals surface area contributed by atoms with Gasteiger partial charge in [0, 0.05) is 17.8 Å². The van der Waals surface area contributed by atoms with Gasteiger partial charge < -0.3 is 10.1 Å². The molecule has 1 heterocycles. The molecular formula is C19H13N3O2. The van der Waals surface area contributed by atoms with Crippen molar-refractivity contribution >= 4 is 11.6 Å². The van der Waals surface area contributed by atoms with Crippen LogP contribution in [0.4, 0.5) is 5.69 Å². The predicted octanol–water partition coefficient (Wildman–Crippen LogP) is 4.00. The molecule has 0 aliphatic rings. The van der Waals surface area contributed by atoms with Crippen LogP contribution in [0.2, 0.25) is 0 Å². The summed E-state index contributed by atoms with van der Waals surface area (Å²) in [7, 11) is 0. The van der Waals surface area contributed by atoms with E-state index in [2.05, 4.69) is 10.3 Å². The van der Waals surface area contributed by atoms with Gasteiger partial charge in [-0.05, 0) is 36.4 Å². The second kappa shape index (κ2) is 7.07. The summed E-state index contributed by atoms with van der Waals surface area (Å²) in [6.07, 6.45) is 1.63. The van der Waals surface area contributed by atoms with Crippen LogP contribution in [-0.4, -0.2) is 10.9 Å². The summed E-state index contributed by atoms with van der Waals surface area (Å²) < 4.78 is 5.62. The van der Waals surface area contributed by atoms with E-state index in [0.717, 1.165) is 0 Å². The molecular weight excluding hydrogens is 302 g/mol. The molecule has 1 N–H and O–H groups in total. The Morgan fingerprint density at radius 3 is 2.67 bits per heavy atom. The Morgan fingerprint density at radius 1 is 1.04 bits per heavy atom. The maximum Gasteiger partial charge on any atom is 0.255 e. The average Bonchev–Trinajstić information content (AvgIpc) is 2.63. The second-order valence-electron chi connectivity index (χ2n) is 4.91. The molecule has 2 aromatic carbocycles. The molecule has 0 aliphatic carbocycles. The number of benzene rings is 2. The van der Waals surface area contributed by atoms with Gasteiger partial charge in [0.25, 0.3) is 5.91 Å². The summed E-state index contributed by atoms with van der Waals surface area (Å²) >= 11 is 0. The van der Waals surface area contributed by atoms with Gasteiger partial charge in [-0.25, -0.2) is 4.98 Å². The van der Waals surface area contributed by atoms with E-state index >= 15 is 0 Å². The Kier molecular flexibility index (Phi) is 4.50. The van der Waals surface area contributed by atoms with Crippen LogP contribution in [0.5, 0.6) is 11.6 Å². The monoisotopic (exact) mass is 315 g/mol. The van der Waals surface area contributed by atoms with E-state index in [1.807, 2.05) is 12.1 Å². The SMILES string of the molecule is N#Cc1ccccc1NC(=O)c1cccc(Oc2ccccn2)c1. The van der Waals surface area contributed by atoms with E-state index < -0.39 is 0 Å². The molecule has 24 heavy (non-hydrogen) atoms. The fraction of sp³-hybridized carbons (Fsp3) is 0. The molecule has 0 unspecified atom stereocenters. The summed E-state index contributed by atoms with van der Waals surface area (Å²) in [5, 5.41) is 11.8. The molecule has 116 valence electrons. The number of carbonyl (C=O) groups is 1. The normalized spacial score (nSPS) is 9.79. The molecule has 0 saturated heterocycles. The molecule has 0 atom stereocenters. The summed E-state index contributed by atoms with van der Waals surface area (Å²) in [6, 6.07) is 21.0. The molecule has 1 aromatic heterocycles. The minimum atomic E-state index is -0.316. The van der Waals surface area contributed by atoms with E-state index in [0.29, 0.717) is 28.4 Å². The number of anilines is 1. The van der Waals surface area contributed by atoms with Gasteiger partial charge in [0.15, 0.2) is 0 Å². The van der Waals surface area contributed by atoms with Crippen molar-refractivity contribution in [2.45, 2.75) is 0 Å². The van der Waals surface area contributed by atoms with Crippen molar-refractivity contribution in [3.05, 3.63) is 84.1 Å². The van der Waals surface area contributed by atoms with Crippen molar-refractivity contribution < 1.29 is 9.53 Å². The van der Waals surface area contributed by atoms with Crippen LogP contribution in [-0.2, 0) is 0 Å². The maximum absolute atomic E-state index is 12.4. The Labute approximate surface area is 139 Å². The first-order valence-electron chi connectivity index (χ1n) is 7.26. The lowest BCUT2D eigenvalue weighted by atomic mass is 10.1. The Morgan fingerprint density at radius 2 is 1.88 bits per heavy atom. The zero-order valence-corrected chi connectivity index (χ0v) is 12.6. The fourth-order valence-corrected chi connectivity index (χ4v) is 2.11. The molecule has 1 amide bonds. The molecule has 0 spiro atoms. The van der Waals surface area contributed by atoms with Crippen molar-refractivity contribution in [1.82, 2.24) is 4.98 Å². The van der Waals surface area contributed by atoms with Crippen molar-refractivity contribution in [2.24, 2.45) is 0 Å². The van der Waals surface area contributed by atoms with E-state index in [-0.39, 0.29) is 5.91 Å². The maximum atomic E-state index is 12.4. The van der Waals surface area contributed by atoms with Crippen LogP contribution in [0.1, 0.15) is 15.9 Å². The molecule has 0 fully saturated rings. The molecule has 3 aromatic rings. The van der Waals surface area contributed by atoms with Gasteiger partial charge in [-0.15, -0.1) is 0 Å². The Hall–Kier alpha value is -3.65. The minimum absolute atomic E-state index is 0.316. The highest BCUT2D eigenvalue weighted by Crippen LogP contribution is 2.21. The molecule has 5 nitrogen and oxygen atoms in total. The number of carbonyl (C=O) groups excluding carboxylic acids is 1. The number of ether oxygens (including phenoxy) is 1. The van der Waals surface area contributed by atoms with Gasteiger partial charge in [-0.2, -0.15) is 5.26 Å². The van der Waals surface area contributed by atoms with E-state index in [9.17, 15) is 4.79 Å². The summed E-state index contributed by atoms with van der Waals surface area (Å²) in [5.74, 6) is 0.643. The van der Waals surface area contributed by atoms with Crippen molar-refractivity contribution in [3.63, 3.8) is 0 Å². The zero-order chi connectivity index (χ0) is 16.8. The minimum Gasteiger partial charge on any atom is -0.439 e. The smallest absolute Gasteiger partial charge is 0.255 e. The van der Waals surface area contributed by atoms with Gasteiger partial charge in [0.2, 0.25) is 5.88 Å². The number of hydrogen-bond acceptors (Lipinski definition) is 4. The number of nitrogens with one attached hydrogen (secondary N) is 1. The first-order chi connectivity index (χ1) is 11.8. The van der Waals surface area contributed by atoms with Gasteiger partial charge in [0.1, 0.15) is 11.8 Å². The quantitative estimate of drug-likeness (QED) is 0.789. The van der Waals surface area contributed by atoms with Crippen LogP contribution in [0.15, 0.2) is 72.9 Å². The highest BCUT2D eigenvalue weighted by atomic mass is 16.5. The largest absolute Gasteiger partial charge is 0.439 e. The zero-order valence-electron chi connectivity index (χ0n) is 12.6. The third kappa shape index (κ3) is 3.57. The Balaban J connectivity index is 1.78. The number of aromatic nitrogens is 1. The number of amides is 1.